The van der Waals surface area contributed by atoms with E-state index in [1.165, 1.54) is 36.2 Å². The first kappa shape index (κ1) is 26.8. The van der Waals surface area contributed by atoms with E-state index in [1.54, 1.807) is 4.36 Å². The SMILES string of the molecule is C=Cc1ccccc1.CC[N+](CC)(CC)CC.O=S(=O)=S=NC(F)(F)F. The highest BCUT2D eigenvalue weighted by Crippen LogP contribution is 2.14. The molecule has 1 aromatic rings. The lowest BCUT2D eigenvalue weighted by Crippen LogP contribution is -2.47. The molecule has 0 unspecified atom stereocenters. The van der Waals surface area contributed by atoms with Gasteiger partial charge < -0.3 is 4.48 Å². The van der Waals surface area contributed by atoms with Gasteiger partial charge >= 0.3 is 6.30 Å². The van der Waals surface area contributed by atoms with E-state index in [0.29, 0.717) is 0 Å². The second-order valence-electron chi connectivity index (χ2n) is 5.06. The predicted octanol–water partition coefficient (Wildman–Crippen LogP) is 4.78. The maximum Gasteiger partial charge on any atom is 0.514 e. The molecule has 0 aliphatic heterocycles. The molecule has 0 radical (unpaired) electrons. The van der Waals surface area contributed by atoms with Gasteiger partial charge in [0, 0.05) is 0 Å². The molecule has 150 valence electrons. The summed E-state index contributed by atoms with van der Waals surface area (Å²) in [5, 5.41) is 0. The van der Waals surface area contributed by atoms with Crippen LogP contribution in [-0.2, 0) is 19.4 Å². The van der Waals surface area contributed by atoms with Crippen molar-refractivity contribution < 1.29 is 26.1 Å². The third kappa shape index (κ3) is 14.9. The molecule has 4 nitrogen and oxygen atoms in total. The number of alkyl halides is 3. The topological polar surface area (TPSA) is 46.5 Å². The van der Waals surface area contributed by atoms with Crippen molar-refractivity contribution in [2.24, 2.45) is 4.36 Å². The Morgan fingerprint density at radius 2 is 1.46 bits per heavy atom. The Morgan fingerprint density at radius 3 is 1.62 bits per heavy atom. The fourth-order valence-corrected chi connectivity index (χ4v) is 2.58. The monoisotopic (exact) mass is 413 g/mol. The second-order valence-corrected chi connectivity index (χ2v) is 7.06. The summed E-state index contributed by atoms with van der Waals surface area (Å²) in [5.41, 5.74) is 1.17. The number of quaternary nitrogens is 1. The van der Waals surface area contributed by atoms with Crippen molar-refractivity contribution in [1.29, 1.82) is 0 Å². The van der Waals surface area contributed by atoms with E-state index < -0.39 is 25.7 Å². The Bertz CT molecular complexity index is 639. The molecule has 0 amide bonds. The van der Waals surface area contributed by atoms with E-state index in [-0.39, 0.29) is 0 Å². The molecule has 0 atom stereocenters. The fourth-order valence-electron chi connectivity index (χ4n) is 2.00. The molecule has 9 heteroatoms. The van der Waals surface area contributed by atoms with Gasteiger partial charge in [-0.15, -0.1) is 17.5 Å². The largest absolute Gasteiger partial charge is 0.514 e. The number of hydrogen-bond acceptors (Lipinski definition) is 3. The molecule has 0 saturated heterocycles. The lowest BCUT2D eigenvalue weighted by Gasteiger charge is -2.34. The molecule has 1 aromatic carbocycles. The average molecular weight is 414 g/mol. The Morgan fingerprint density at radius 1 is 1.04 bits per heavy atom. The minimum Gasteiger partial charge on any atom is -0.325 e. The predicted molar refractivity (Wildman–Crippen MR) is 104 cm³/mol. The van der Waals surface area contributed by atoms with Crippen molar-refractivity contribution in [3.05, 3.63) is 42.5 Å². The summed E-state index contributed by atoms with van der Waals surface area (Å²) in [4.78, 5) is 0. The van der Waals surface area contributed by atoms with Crippen LogP contribution in [-0.4, -0.2) is 45.4 Å². The van der Waals surface area contributed by atoms with E-state index in [4.69, 9.17) is 0 Å². The van der Waals surface area contributed by atoms with Gasteiger partial charge in [-0.25, -0.2) is 0 Å². The van der Waals surface area contributed by atoms with Gasteiger partial charge in [-0.1, -0.05) is 43.0 Å². The molecule has 0 spiro atoms. The fraction of sp³-hybridized carbons (Fsp3) is 0.529. The Labute approximate surface area is 158 Å². The molecule has 0 aromatic heterocycles. The van der Waals surface area contributed by atoms with Crippen molar-refractivity contribution >= 4 is 25.5 Å². The average Bonchev–Trinajstić information content (AvgIpc) is 2.64. The van der Waals surface area contributed by atoms with Crippen LogP contribution in [0.15, 0.2) is 41.3 Å². The molecule has 0 aliphatic carbocycles. The van der Waals surface area contributed by atoms with Gasteiger partial charge in [-0.3, -0.25) is 0 Å². The zero-order chi connectivity index (χ0) is 20.6. The Kier molecular flexibility index (Phi) is 15.1. The molecular weight excluding hydrogens is 385 g/mol. The molecule has 0 heterocycles. The summed E-state index contributed by atoms with van der Waals surface area (Å²) in [7, 11) is -3.38. The molecule has 26 heavy (non-hydrogen) atoms. The quantitative estimate of drug-likeness (QED) is 0.515. The van der Waals surface area contributed by atoms with E-state index in [0.717, 1.165) is 0 Å². The molecule has 0 aliphatic rings. The third-order valence-electron chi connectivity index (χ3n) is 3.92. The van der Waals surface area contributed by atoms with Crippen molar-refractivity contribution in [2.75, 3.05) is 26.2 Å². The van der Waals surface area contributed by atoms with Crippen LogP contribution < -0.4 is 0 Å². The van der Waals surface area contributed by atoms with E-state index in [9.17, 15) is 21.6 Å². The zero-order valence-corrected chi connectivity index (χ0v) is 17.3. The molecule has 1 rings (SSSR count). The van der Waals surface area contributed by atoms with E-state index in [2.05, 4.69) is 34.3 Å². The smallest absolute Gasteiger partial charge is 0.325 e. The first-order chi connectivity index (χ1) is 12.1. The van der Waals surface area contributed by atoms with Crippen LogP contribution in [0.2, 0.25) is 0 Å². The van der Waals surface area contributed by atoms with Crippen molar-refractivity contribution in [3.8, 4) is 0 Å². The minimum atomic E-state index is -4.77. The number of rotatable bonds is 5. The van der Waals surface area contributed by atoms with Gasteiger partial charge in [0.1, 0.15) is 0 Å². The van der Waals surface area contributed by atoms with Gasteiger partial charge in [0.2, 0.25) is 0 Å². The van der Waals surface area contributed by atoms with Gasteiger partial charge in [-0.2, -0.15) is 8.42 Å². The molecule has 0 bridgehead atoms. The summed E-state index contributed by atoms with van der Waals surface area (Å²) in [6, 6.07) is 10.0. The van der Waals surface area contributed by atoms with Crippen LogP contribution in [0.25, 0.3) is 6.08 Å². The summed E-state index contributed by atoms with van der Waals surface area (Å²) in [5.74, 6) is 0. The molecule has 0 N–H and O–H groups in total. The normalized spacial score (nSPS) is 10.4. The van der Waals surface area contributed by atoms with Crippen LogP contribution in [0.3, 0.4) is 0 Å². The highest BCUT2D eigenvalue weighted by atomic mass is 32.8. The van der Waals surface area contributed by atoms with Crippen molar-refractivity contribution in [3.63, 3.8) is 0 Å². The summed E-state index contributed by atoms with van der Waals surface area (Å²) >= 11 is 0. The van der Waals surface area contributed by atoms with Crippen LogP contribution in [0.4, 0.5) is 13.2 Å². The highest BCUT2D eigenvalue weighted by Gasteiger charge is 2.25. The highest BCUT2D eigenvalue weighted by molar-refractivity contribution is 8.19. The maximum absolute atomic E-state index is 11.0. The van der Waals surface area contributed by atoms with Gasteiger partial charge in [0.15, 0.2) is 0 Å². The third-order valence-corrected chi connectivity index (χ3v) is 4.91. The lowest BCUT2D eigenvalue weighted by atomic mass is 10.2. The van der Waals surface area contributed by atoms with Gasteiger partial charge in [0.05, 0.1) is 36.3 Å². The number of hydrogen-bond donors (Lipinski definition) is 0. The first-order valence-electron chi connectivity index (χ1n) is 8.17. The van der Waals surface area contributed by atoms with Gasteiger partial charge in [0.25, 0.3) is 9.26 Å². The lowest BCUT2D eigenvalue weighted by molar-refractivity contribution is -0.921. The van der Waals surface area contributed by atoms with Crippen LogP contribution in [0, 0.1) is 0 Å². The van der Waals surface area contributed by atoms with E-state index in [1.807, 2.05) is 36.4 Å². The standard InChI is InChI=1S/C8H20N.C8H8.CF3NO2S2/c1-5-9(6-2,7-3)8-4;1-2-8-6-4-3-5-7-8;2-1(3,4)5-8-9(6)7/h5-8H2,1-4H3;2-7H,1H2;/q+1;;. The number of nitrogens with zero attached hydrogens (tertiary/aromatic N) is 2. The number of benzene rings is 1. The summed E-state index contributed by atoms with van der Waals surface area (Å²) < 4.78 is 54.7. The Hall–Kier alpha value is -1.45. The molecule has 0 fully saturated rings. The molecule has 0 saturated carbocycles. The van der Waals surface area contributed by atoms with Crippen molar-refractivity contribution in [2.45, 2.75) is 34.0 Å². The maximum atomic E-state index is 11.0. The van der Waals surface area contributed by atoms with E-state index >= 15 is 0 Å². The second kappa shape index (κ2) is 14.7. The summed E-state index contributed by atoms with van der Waals surface area (Å²) in [6.45, 7) is 17.9. The summed E-state index contributed by atoms with van der Waals surface area (Å²) in [6.07, 6.45) is -2.94. The van der Waals surface area contributed by atoms with Crippen LogP contribution >= 0.6 is 0 Å². The van der Waals surface area contributed by atoms with Crippen LogP contribution in [0.1, 0.15) is 33.3 Å². The number of halogens is 3. The Balaban J connectivity index is 0. The van der Waals surface area contributed by atoms with Gasteiger partial charge in [-0.05, 0) is 33.3 Å². The zero-order valence-electron chi connectivity index (χ0n) is 15.7. The molecular formula is C17H28F3N2O2S2+. The van der Waals surface area contributed by atoms with Crippen molar-refractivity contribution in [1.82, 2.24) is 0 Å². The van der Waals surface area contributed by atoms with Crippen LogP contribution in [0.5, 0.6) is 0 Å². The minimum absolute atomic E-state index is 0.545. The first-order valence-corrected chi connectivity index (χ1v) is 10.5.